The first-order valence-electron chi connectivity index (χ1n) is 7.05. The molecule has 3 aromatic rings. The lowest BCUT2D eigenvalue weighted by molar-refractivity contribution is -0.115. The molecule has 11 heteroatoms. The van der Waals surface area contributed by atoms with E-state index in [0.29, 0.717) is 10.8 Å². The van der Waals surface area contributed by atoms with E-state index >= 15 is 0 Å². The molecule has 2 N–H and O–H groups in total. The molecule has 0 fully saturated rings. The number of nitrogens with zero attached hydrogens (tertiary/aromatic N) is 2. The van der Waals surface area contributed by atoms with E-state index in [9.17, 15) is 13.2 Å². The molecule has 0 unspecified atom stereocenters. The van der Waals surface area contributed by atoms with Crippen LogP contribution >= 0.6 is 34.4 Å². The van der Waals surface area contributed by atoms with Gasteiger partial charge in [0, 0.05) is 11.6 Å². The molecule has 0 aliphatic rings. The number of carbonyl (C=O) groups excluding carboxylic acids is 1. The fraction of sp³-hybridized carbons (Fsp3) is 0.214. The van der Waals surface area contributed by atoms with Gasteiger partial charge >= 0.3 is 0 Å². The highest BCUT2D eigenvalue weighted by atomic mass is 32.2. The fourth-order valence-corrected chi connectivity index (χ4v) is 5.27. The van der Waals surface area contributed by atoms with Crippen LogP contribution in [-0.4, -0.2) is 35.8 Å². The number of fused-ring (bicyclic) bond motifs is 1. The summed E-state index contributed by atoms with van der Waals surface area (Å²) in [5.74, 6) is -0.140. The zero-order valence-corrected chi connectivity index (χ0v) is 16.5. The molecule has 0 aliphatic carbocycles. The standard InChI is InChI=1S/C14H14N4O3S4/c1-8(12(19)17-13-15-5-6-22-13)23-14-16-10-4-3-9(7-11(10)24-14)18-25(2,20)21/h3-8,18H,1-2H3,(H,15,17,19)/t8-/m1/s1. The maximum absolute atomic E-state index is 12.2. The van der Waals surface area contributed by atoms with Crippen molar-refractivity contribution < 1.29 is 13.2 Å². The van der Waals surface area contributed by atoms with E-state index in [4.69, 9.17) is 0 Å². The SMILES string of the molecule is C[C@@H](Sc1nc2ccc(NS(C)(=O)=O)cc2s1)C(=O)Nc1nccs1. The predicted octanol–water partition coefficient (Wildman–Crippen LogP) is 3.24. The third-order valence-electron chi connectivity index (χ3n) is 2.98. The third kappa shape index (κ3) is 4.91. The molecule has 0 spiro atoms. The topological polar surface area (TPSA) is 101 Å². The molecule has 1 aromatic carbocycles. The number of aromatic nitrogens is 2. The minimum Gasteiger partial charge on any atom is -0.301 e. The van der Waals surface area contributed by atoms with Crippen molar-refractivity contribution in [1.82, 2.24) is 9.97 Å². The first kappa shape index (κ1) is 18.1. The average Bonchev–Trinajstić information content (AvgIpc) is 3.14. The maximum Gasteiger partial charge on any atom is 0.239 e. The van der Waals surface area contributed by atoms with Crippen molar-refractivity contribution in [1.29, 1.82) is 0 Å². The van der Waals surface area contributed by atoms with Crippen LogP contribution in [0.1, 0.15) is 6.92 Å². The van der Waals surface area contributed by atoms with Crippen molar-refractivity contribution in [3.63, 3.8) is 0 Å². The number of anilines is 2. The van der Waals surface area contributed by atoms with Crippen molar-refractivity contribution >= 4 is 71.4 Å². The highest BCUT2D eigenvalue weighted by Crippen LogP contribution is 2.33. The van der Waals surface area contributed by atoms with Crippen LogP contribution in [0.25, 0.3) is 10.2 Å². The van der Waals surface area contributed by atoms with Gasteiger partial charge in [0.15, 0.2) is 9.47 Å². The number of amides is 1. The van der Waals surface area contributed by atoms with Crippen molar-refractivity contribution in [2.24, 2.45) is 0 Å². The second-order valence-electron chi connectivity index (χ2n) is 5.12. The molecule has 0 saturated heterocycles. The predicted molar refractivity (Wildman–Crippen MR) is 104 cm³/mol. The number of sulfonamides is 1. The van der Waals surface area contributed by atoms with Crippen LogP contribution < -0.4 is 10.0 Å². The summed E-state index contributed by atoms with van der Waals surface area (Å²) in [4.78, 5) is 20.7. The maximum atomic E-state index is 12.2. The Morgan fingerprint density at radius 3 is 2.84 bits per heavy atom. The van der Waals surface area contributed by atoms with Crippen LogP contribution in [0, 0.1) is 0 Å². The van der Waals surface area contributed by atoms with Crippen LogP contribution in [0.15, 0.2) is 34.1 Å². The van der Waals surface area contributed by atoms with Gasteiger partial charge in [-0.25, -0.2) is 18.4 Å². The normalized spacial score (nSPS) is 12.9. The molecule has 132 valence electrons. The Bertz CT molecular complexity index is 998. The largest absolute Gasteiger partial charge is 0.301 e. The second kappa shape index (κ2) is 7.28. The van der Waals surface area contributed by atoms with Gasteiger partial charge in [0.2, 0.25) is 15.9 Å². The van der Waals surface area contributed by atoms with E-state index < -0.39 is 10.0 Å². The van der Waals surface area contributed by atoms with E-state index in [-0.39, 0.29) is 11.2 Å². The highest BCUT2D eigenvalue weighted by molar-refractivity contribution is 8.02. The van der Waals surface area contributed by atoms with E-state index in [1.165, 1.54) is 34.4 Å². The highest BCUT2D eigenvalue weighted by Gasteiger charge is 2.18. The summed E-state index contributed by atoms with van der Waals surface area (Å²) in [7, 11) is -3.32. The Labute approximate surface area is 156 Å². The molecule has 0 saturated carbocycles. The molecular weight excluding hydrogens is 400 g/mol. The lowest BCUT2D eigenvalue weighted by Gasteiger charge is -2.07. The first-order chi connectivity index (χ1) is 11.8. The summed E-state index contributed by atoms with van der Waals surface area (Å²) in [6.45, 7) is 1.80. The number of thioether (sulfide) groups is 1. The van der Waals surface area contributed by atoms with Crippen LogP contribution in [0.3, 0.4) is 0 Å². The summed E-state index contributed by atoms with van der Waals surface area (Å²) < 4.78 is 26.7. The van der Waals surface area contributed by atoms with Gasteiger partial charge in [-0.05, 0) is 25.1 Å². The number of hydrogen-bond acceptors (Lipinski definition) is 8. The summed E-state index contributed by atoms with van der Waals surface area (Å²) in [6.07, 6.45) is 2.74. The summed E-state index contributed by atoms with van der Waals surface area (Å²) in [5.41, 5.74) is 1.25. The molecule has 0 bridgehead atoms. The van der Waals surface area contributed by atoms with Gasteiger partial charge in [0.05, 0.1) is 27.4 Å². The summed E-state index contributed by atoms with van der Waals surface area (Å²) >= 11 is 4.13. The van der Waals surface area contributed by atoms with Gasteiger partial charge in [0.25, 0.3) is 0 Å². The van der Waals surface area contributed by atoms with E-state index in [0.717, 1.165) is 20.8 Å². The van der Waals surface area contributed by atoms with Gasteiger partial charge < -0.3 is 5.32 Å². The van der Waals surface area contributed by atoms with Crippen LogP contribution in [-0.2, 0) is 14.8 Å². The molecule has 1 atom stereocenters. The number of nitrogens with one attached hydrogen (secondary N) is 2. The van der Waals surface area contributed by atoms with Crippen molar-refractivity contribution in [2.75, 3.05) is 16.3 Å². The minimum atomic E-state index is -3.32. The monoisotopic (exact) mass is 414 g/mol. The molecule has 0 radical (unpaired) electrons. The Kier molecular flexibility index (Phi) is 5.27. The zero-order valence-electron chi connectivity index (χ0n) is 13.2. The molecule has 3 rings (SSSR count). The van der Waals surface area contributed by atoms with Crippen molar-refractivity contribution in [3.05, 3.63) is 29.8 Å². The molecule has 7 nitrogen and oxygen atoms in total. The Balaban J connectivity index is 1.72. The number of thiazole rings is 2. The Morgan fingerprint density at radius 1 is 1.36 bits per heavy atom. The number of rotatable bonds is 6. The minimum absolute atomic E-state index is 0.140. The summed E-state index contributed by atoms with van der Waals surface area (Å²) in [5, 5.41) is 4.79. The number of carbonyl (C=O) groups is 1. The number of benzene rings is 1. The quantitative estimate of drug-likeness (QED) is 0.601. The van der Waals surface area contributed by atoms with Gasteiger partial charge in [0.1, 0.15) is 0 Å². The molecule has 25 heavy (non-hydrogen) atoms. The van der Waals surface area contributed by atoms with Crippen molar-refractivity contribution in [3.8, 4) is 0 Å². The fourth-order valence-electron chi connectivity index (χ4n) is 1.93. The Morgan fingerprint density at radius 2 is 2.16 bits per heavy atom. The number of hydrogen-bond donors (Lipinski definition) is 2. The van der Waals surface area contributed by atoms with E-state index in [1.807, 2.05) is 0 Å². The van der Waals surface area contributed by atoms with Crippen molar-refractivity contribution in [2.45, 2.75) is 16.5 Å². The van der Waals surface area contributed by atoms with Gasteiger partial charge in [-0.1, -0.05) is 11.8 Å². The van der Waals surface area contributed by atoms with Gasteiger partial charge in [-0.15, -0.1) is 22.7 Å². The van der Waals surface area contributed by atoms with Crippen LogP contribution in [0.4, 0.5) is 10.8 Å². The summed E-state index contributed by atoms with van der Waals surface area (Å²) in [6, 6.07) is 5.15. The molecule has 2 aromatic heterocycles. The van der Waals surface area contributed by atoms with Crippen LogP contribution in [0.5, 0.6) is 0 Å². The lowest BCUT2D eigenvalue weighted by Crippen LogP contribution is -2.22. The average molecular weight is 415 g/mol. The zero-order chi connectivity index (χ0) is 18.0. The first-order valence-corrected chi connectivity index (χ1v) is 11.5. The molecular formula is C14H14N4O3S4. The second-order valence-corrected chi connectivity index (χ2v) is 10.4. The smallest absolute Gasteiger partial charge is 0.239 e. The van der Waals surface area contributed by atoms with Gasteiger partial charge in [-0.3, -0.25) is 9.52 Å². The van der Waals surface area contributed by atoms with E-state index in [2.05, 4.69) is 20.0 Å². The van der Waals surface area contributed by atoms with Gasteiger partial charge in [-0.2, -0.15) is 0 Å². The Hall–Kier alpha value is -1.69. The lowest BCUT2D eigenvalue weighted by atomic mass is 10.3. The molecule has 2 heterocycles. The third-order valence-corrected chi connectivity index (χ3v) is 6.49. The molecule has 0 aliphatic heterocycles. The molecule has 1 amide bonds. The van der Waals surface area contributed by atoms with Crippen LogP contribution in [0.2, 0.25) is 0 Å². The van der Waals surface area contributed by atoms with E-state index in [1.54, 1.807) is 36.7 Å².